The molecule has 0 aliphatic rings. The third-order valence-corrected chi connectivity index (χ3v) is 3.64. The smallest absolute Gasteiger partial charge is 0.0446 e. The summed E-state index contributed by atoms with van der Waals surface area (Å²) in [5.41, 5.74) is 8.41. The molecule has 0 saturated heterocycles. The van der Waals surface area contributed by atoms with E-state index in [0.717, 1.165) is 5.75 Å². The molecule has 0 saturated carbocycles. The van der Waals surface area contributed by atoms with Crippen LogP contribution in [-0.4, -0.2) is 23.5 Å². The second kappa shape index (κ2) is 6.16. The van der Waals surface area contributed by atoms with Crippen molar-refractivity contribution in [1.82, 2.24) is 0 Å². The maximum Gasteiger partial charge on any atom is 0.0446 e. The van der Waals surface area contributed by atoms with Crippen LogP contribution in [0.2, 0.25) is 0 Å². The van der Waals surface area contributed by atoms with Crippen molar-refractivity contribution in [2.75, 3.05) is 12.4 Å². The molecule has 3 N–H and O–H groups in total. The van der Waals surface area contributed by atoms with E-state index >= 15 is 0 Å². The lowest BCUT2D eigenvalue weighted by atomic mass is 10.2. The fraction of sp³-hybridized carbons (Fsp3) is 0.500. The van der Waals surface area contributed by atoms with Crippen molar-refractivity contribution in [2.45, 2.75) is 31.2 Å². The number of hydrogen-bond donors (Lipinski definition) is 2. The first-order valence-electron chi connectivity index (χ1n) is 5.20. The lowest BCUT2D eigenvalue weighted by Gasteiger charge is -2.11. The summed E-state index contributed by atoms with van der Waals surface area (Å²) in [6.45, 7) is 4.38. The topological polar surface area (TPSA) is 46.2 Å². The fourth-order valence-corrected chi connectivity index (χ4v) is 2.43. The van der Waals surface area contributed by atoms with Crippen LogP contribution in [0.3, 0.4) is 0 Å². The van der Waals surface area contributed by atoms with Crippen LogP contribution in [-0.2, 0) is 0 Å². The van der Waals surface area contributed by atoms with Gasteiger partial charge in [-0.2, -0.15) is 0 Å². The van der Waals surface area contributed by atoms with Gasteiger partial charge in [0.15, 0.2) is 0 Å². The minimum absolute atomic E-state index is 0.0833. The summed E-state index contributed by atoms with van der Waals surface area (Å²) in [5.74, 6) is 0.866. The average Bonchev–Trinajstić information content (AvgIpc) is 2.20. The van der Waals surface area contributed by atoms with Gasteiger partial charge in [0.25, 0.3) is 0 Å². The first kappa shape index (κ1) is 12.6. The number of rotatable bonds is 5. The number of aliphatic hydroxyl groups is 1. The molecule has 0 spiro atoms. The molecule has 1 aromatic rings. The van der Waals surface area contributed by atoms with E-state index in [1.54, 1.807) is 11.8 Å². The minimum atomic E-state index is 0.0833. The Labute approximate surface area is 95.9 Å². The molecule has 0 bridgehead atoms. The molecule has 1 atom stereocenters. The van der Waals surface area contributed by atoms with E-state index in [0.29, 0.717) is 6.42 Å². The van der Waals surface area contributed by atoms with E-state index in [1.165, 1.54) is 16.0 Å². The van der Waals surface area contributed by atoms with Gasteiger partial charge in [-0.15, -0.1) is 11.8 Å². The molecule has 0 amide bonds. The molecule has 2 nitrogen and oxygen atoms in total. The maximum absolute atomic E-state index is 8.74. The zero-order valence-corrected chi connectivity index (χ0v) is 10.2. The number of nitrogens with two attached hydrogens (primary N) is 1. The van der Waals surface area contributed by atoms with Gasteiger partial charge in [-0.3, -0.25) is 0 Å². The van der Waals surface area contributed by atoms with Gasteiger partial charge in [-0.1, -0.05) is 17.7 Å². The van der Waals surface area contributed by atoms with Gasteiger partial charge < -0.3 is 10.8 Å². The second-order valence-electron chi connectivity index (χ2n) is 3.85. The van der Waals surface area contributed by atoms with Crippen molar-refractivity contribution in [3.8, 4) is 0 Å². The van der Waals surface area contributed by atoms with Crippen LogP contribution in [0.1, 0.15) is 17.5 Å². The van der Waals surface area contributed by atoms with E-state index in [9.17, 15) is 0 Å². The highest BCUT2D eigenvalue weighted by molar-refractivity contribution is 7.99. The van der Waals surface area contributed by atoms with E-state index < -0.39 is 0 Å². The molecule has 15 heavy (non-hydrogen) atoms. The number of aliphatic hydroxyl groups excluding tert-OH is 1. The fourth-order valence-electron chi connectivity index (χ4n) is 1.31. The highest BCUT2D eigenvalue weighted by Gasteiger charge is 2.04. The lowest BCUT2D eigenvalue weighted by molar-refractivity contribution is 0.279. The highest BCUT2D eigenvalue weighted by atomic mass is 32.2. The molecule has 0 aromatic heterocycles. The van der Waals surface area contributed by atoms with Crippen molar-refractivity contribution in [3.05, 3.63) is 29.3 Å². The van der Waals surface area contributed by atoms with Crippen molar-refractivity contribution in [3.63, 3.8) is 0 Å². The predicted molar refractivity (Wildman–Crippen MR) is 66.3 cm³/mol. The van der Waals surface area contributed by atoms with Crippen molar-refractivity contribution in [1.29, 1.82) is 0 Å². The van der Waals surface area contributed by atoms with Gasteiger partial charge in [-0.05, 0) is 31.9 Å². The van der Waals surface area contributed by atoms with Crippen LogP contribution in [0.15, 0.2) is 23.1 Å². The van der Waals surface area contributed by atoms with E-state index in [1.807, 2.05) is 0 Å². The van der Waals surface area contributed by atoms with Crippen LogP contribution in [0.25, 0.3) is 0 Å². The molecule has 0 heterocycles. The number of benzene rings is 1. The van der Waals surface area contributed by atoms with Crippen LogP contribution in [0.5, 0.6) is 0 Å². The summed E-state index contributed by atoms with van der Waals surface area (Å²) < 4.78 is 0. The third-order valence-electron chi connectivity index (χ3n) is 2.30. The Kier molecular flexibility index (Phi) is 5.15. The standard InChI is InChI=1S/C12H19NOS/c1-9-3-4-10(2)12(7-9)15-8-11(13)5-6-14/h3-4,7,11,14H,5-6,8,13H2,1-2H3. The van der Waals surface area contributed by atoms with Crippen molar-refractivity contribution >= 4 is 11.8 Å². The maximum atomic E-state index is 8.74. The summed E-state index contributed by atoms with van der Waals surface area (Å²) in [5, 5.41) is 8.74. The zero-order chi connectivity index (χ0) is 11.3. The Balaban J connectivity index is 2.53. The molecule has 3 heteroatoms. The molecule has 1 unspecified atom stereocenters. The molecule has 1 aromatic carbocycles. The molecule has 1 rings (SSSR count). The Morgan fingerprint density at radius 1 is 1.40 bits per heavy atom. The van der Waals surface area contributed by atoms with Gasteiger partial charge in [0.2, 0.25) is 0 Å². The van der Waals surface area contributed by atoms with Crippen LogP contribution < -0.4 is 5.73 Å². The third kappa shape index (κ3) is 4.24. The van der Waals surface area contributed by atoms with Crippen LogP contribution in [0, 0.1) is 13.8 Å². The van der Waals surface area contributed by atoms with Crippen molar-refractivity contribution in [2.24, 2.45) is 5.73 Å². The monoisotopic (exact) mass is 225 g/mol. The zero-order valence-electron chi connectivity index (χ0n) is 9.36. The van der Waals surface area contributed by atoms with Gasteiger partial charge in [-0.25, -0.2) is 0 Å². The van der Waals surface area contributed by atoms with Crippen LogP contribution >= 0.6 is 11.8 Å². The molecular formula is C12H19NOS. The van der Waals surface area contributed by atoms with Gasteiger partial charge in [0, 0.05) is 23.3 Å². The summed E-state index contributed by atoms with van der Waals surface area (Å²) in [6, 6.07) is 6.52. The summed E-state index contributed by atoms with van der Waals surface area (Å²) in [4.78, 5) is 1.29. The average molecular weight is 225 g/mol. The van der Waals surface area contributed by atoms with Gasteiger partial charge in [0.05, 0.1) is 0 Å². The van der Waals surface area contributed by atoms with Gasteiger partial charge in [0.1, 0.15) is 0 Å². The molecular weight excluding hydrogens is 206 g/mol. The molecule has 0 fully saturated rings. The second-order valence-corrected chi connectivity index (χ2v) is 4.91. The Morgan fingerprint density at radius 3 is 2.80 bits per heavy atom. The first-order valence-corrected chi connectivity index (χ1v) is 6.18. The number of hydrogen-bond acceptors (Lipinski definition) is 3. The van der Waals surface area contributed by atoms with Gasteiger partial charge >= 0.3 is 0 Å². The SMILES string of the molecule is Cc1ccc(C)c(SCC(N)CCO)c1. The Hall–Kier alpha value is -0.510. The predicted octanol–water partition coefficient (Wildman–Crippen LogP) is 2.11. The normalized spacial score (nSPS) is 12.8. The molecule has 0 aliphatic heterocycles. The molecule has 84 valence electrons. The Bertz CT molecular complexity index is 314. The first-order chi connectivity index (χ1) is 7.13. The van der Waals surface area contributed by atoms with Crippen molar-refractivity contribution < 1.29 is 5.11 Å². The van der Waals surface area contributed by atoms with E-state index in [2.05, 4.69) is 32.0 Å². The number of thioether (sulfide) groups is 1. The lowest BCUT2D eigenvalue weighted by Crippen LogP contribution is -2.23. The van der Waals surface area contributed by atoms with Crippen LogP contribution in [0.4, 0.5) is 0 Å². The quantitative estimate of drug-likeness (QED) is 0.754. The summed E-state index contributed by atoms with van der Waals surface area (Å²) >= 11 is 1.77. The Morgan fingerprint density at radius 2 is 2.13 bits per heavy atom. The van der Waals surface area contributed by atoms with E-state index in [4.69, 9.17) is 10.8 Å². The largest absolute Gasteiger partial charge is 0.396 e. The molecule has 0 aliphatic carbocycles. The molecule has 0 radical (unpaired) electrons. The number of aryl methyl sites for hydroxylation is 2. The summed E-state index contributed by atoms with van der Waals surface area (Å²) in [7, 11) is 0. The summed E-state index contributed by atoms with van der Waals surface area (Å²) in [6.07, 6.45) is 0.678. The minimum Gasteiger partial charge on any atom is -0.396 e. The highest BCUT2D eigenvalue weighted by Crippen LogP contribution is 2.24. The van der Waals surface area contributed by atoms with E-state index in [-0.39, 0.29) is 12.6 Å².